The number of nitrogens with one attached hydrogen (secondary N) is 2. The summed E-state index contributed by atoms with van der Waals surface area (Å²) in [4.78, 5) is 39.1. The van der Waals surface area contributed by atoms with Crippen LogP contribution < -0.4 is 16.4 Å². The molecule has 0 saturated carbocycles. The Bertz CT molecular complexity index is 1020. The zero-order chi connectivity index (χ0) is 21.5. The van der Waals surface area contributed by atoms with Crippen LogP contribution in [0.4, 0.5) is 11.5 Å². The number of carbonyl (C=O) groups is 2. The summed E-state index contributed by atoms with van der Waals surface area (Å²) in [6.45, 7) is 1.32. The van der Waals surface area contributed by atoms with Gasteiger partial charge in [-0.05, 0) is 38.4 Å². The van der Waals surface area contributed by atoms with Gasteiger partial charge in [0.05, 0.1) is 23.8 Å². The standard InChI is InChI=1S/C21H23N7O2/c1-28(2)11-10-24-20(29)15-7-5-14(6-8-15)17-13-25-19(22)18(27-17)21(30)26-16-4-3-9-23-12-16/h3-9,12-13H,10-11H2,1-2H3,(H2,22,25)(H,24,29)(H,26,30). The predicted molar refractivity (Wildman–Crippen MR) is 115 cm³/mol. The number of nitrogen functional groups attached to an aromatic ring is 1. The largest absolute Gasteiger partial charge is 0.382 e. The maximum Gasteiger partial charge on any atom is 0.278 e. The van der Waals surface area contributed by atoms with E-state index in [1.165, 1.54) is 12.4 Å². The van der Waals surface area contributed by atoms with E-state index in [2.05, 4.69) is 25.6 Å². The molecule has 2 amide bonds. The average molecular weight is 405 g/mol. The van der Waals surface area contributed by atoms with E-state index in [0.29, 0.717) is 29.1 Å². The van der Waals surface area contributed by atoms with Crippen LogP contribution in [0.3, 0.4) is 0 Å². The first-order valence-electron chi connectivity index (χ1n) is 9.31. The van der Waals surface area contributed by atoms with Crippen molar-refractivity contribution in [1.29, 1.82) is 0 Å². The van der Waals surface area contributed by atoms with Gasteiger partial charge in [0.15, 0.2) is 11.5 Å². The van der Waals surface area contributed by atoms with Crippen LogP contribution in [0.25, 0.3) is 11.3 Å². The van der Waals surface area contributed by atoms with Gasteiger partial charge in [-0.2, -0.15) is 0 Å². The third-order valence-electron chi connectivity index (χ3n) is 4.22. The number of nitrogens with zero attached hydrogens (tertiary/aromatic N) is 4. The molecule has 0 unspecified atom stereocenters. The summed E-state index contributed by atoms with van der Waals surface area (Å²) >= 11 is 0. The van der Waals surface area contributed by atoms with Crippen molar-refractivity contribution in [3.8, 4) is 11.3 Å². The lowest BCUT2D eigenvalue weighted by Gasteiger charge is -2.11. The van der Waals surface area contributed by atoms with E-state index in [4.69, 9.17) is 5.73 Å². The SMILES string of the molecule is CN(C)CCNC(=O)c1ccc(-c2cnc(N)c(C(=O)Nc3cccnc3)n2)cc1. The van der Waals surface area contributed by atoms with Gasteiger partial charge in [-0.3, -0.25) is 14.6 Å². The van der Waals surface area contributed by atoms with Gasteiger partial charge in [-0.15, -0.1) is 0 Å². The Kier molecular flexibility index (Phi) is 6.66. The molecule has 9 heteroatoms. The van der Waals surface area contributed by atoms with Crippen LogP contribution in [0, 0.1) is 0 Å². The number of hydrogen-bond donors (Lipinski definition) is 3. The van der Waals surface area contributed by atoms with E-state index in [-0.39, 0.29) is 17.4 Å². The highest BCUT2D eigenvalue weighted by atomic mass is 16.2. The number of nitrogens with two attached hydrogens (primary N) is 1. The van der Waals surface area contributed by atoms with Crippen LogP contribution in [0.15, 0.2) is 55.0 Å². The summed E-state index contributed by atoms with van der Waals surface area (Å²) in [5.74, 6) is -0.605. The summed E-state index contributed by atoms with van der Waals surface area (Å²) in [5.41, 5.74) is 8.11. The number of anilines is 2. The number of aromatic nitrogens is 3. The molecule has 154 valence electrons. The second kappa shape index (κ2) is 9.57. The van der Waals surface area contributed by atoms with Crippen LogP contribution in [0.2, 0.25) is 0 Å². The average Bonchev–Trinajstić information content (AvgIpc) is 2.74. The zero-order valence-electron chi connectivity index (χ0n) is 16.8. The monoisotopic (exact) mass is 405 g/mol. The van der Waals surface area contributed by atoms with E-state index in [9.17, 15) is 9.59 Å². The summed E-state index contributed by atoms with van der Waals surface area (Å²) in [5, 5.41) is 5.55. The molecule has 0 saturated heterocycles. The fourth-order valence-electron chi connectivity index (χ4n) is 2.62. The molecule has 3 aromatic rings. The quantitative estimate of drug-likeness (QED) is 0.546. The lowest BCUT2D eigenvalue weighted by atomic mass is 10.1. The minimum atomic E-state index is -0.480. The molecule has 0 aliphatic rings. The molecule has 9 nitrogen and oxygen atoms in total. The van der Waals surface area contributed by atoms with E-state index < -0.39 is 5.91 Å². The Labute approximate surface area is 174 Å². The number of benzene rings is 1. The molecule has 0 fully saturated rings. The first kappa shape index (κ1) is 20.9. The zero-order valence-corrected chi connectivity index (χ0v) is 16.8. The molecule has 2 heterocycles. The van der Waals surface area contributed by atoms with Crippen molar-refractivity contribution in [2.45, 2.75) is 0 Å². The minimum absolute atomic E-state index is 0.0156. The van der Waals surface area contributed by atoms with Crippen LogP contribution >= 0.6 is 0 Å². The van der Waals surface area contributed by atoms with Crippen molar-refractivity contribution in [2.75, 3.05) is 38.2 Å². The highest BCUT2D eigenvalue weighted by molar-refractivity contribution is 6.05. The van der Waals surface area contributed by atoms with Gasteiger partial charge in [-0.1, -0.05) is 12.1 Å². The molecular weight excluding hydrogens is 382 g/mol. The molecule has 0 atom stereocenters. The molecule has 0 aliphatic heterocycles. The molecule has 30 heavy (non-hydrogen) atoms. The third kappa shape index (κ3) is 5.36. The number of rotatable bonds is 7. The highest BCUT2D eigenvalue weighted by Crippen LogP contribution is 2.20. The number of amides is 2. The van der Waals surface area contributed by atoms with Crippen molar-refractivity contribution in [2.24, 2.45) is 0 Å². The van der Waals surface area contributed by atoms with E-state index in [1.54, 1.807) is 42.6 Å². The maximum absolute atomic E-state index is 12.5. The molecule has 0 radical (unpaired) electrons. The Morgan fingerprint density at radius 2 is 1.83 bits per heavy atom. The first-order chi connectivity index (χ1) is 14.4. The Morgan fingerprint density at radius 3 is 2.50 bits per heavy atom. The van der Waals surface area contributed by atoms with Gasteiger partial charge in [0.2, 0.25) is 0 Å². The highest BCUT2D eigenvalue weighted by Gasteiger charge is 2.15. The van der Waals surface area contributed by atoms with E-state index in [0.717, 1.165) is 6.54 Å². The van der Waals surface area contributed by atoms with Crippen LogP contribution in [0.5, 0.6) is 0 Å². The van der Waals surface area contributed by atoms with Crippen molar-refractivity contribution in [3.05, 3.63) is 66.2 Å². The first-order valence-corrected chi connectivity index (χ1v) is 9.31. The molecule has 0 aliphatic carbocycles. The second-order valence-electron chi connectivity index (χ2n) is 6.82. The van der Waals surface area contributed by atoms with E-state index in [1.807, 2.05) is 19.0 Å². The van der Waals surface area contributed by atoms with Crippen molar-refractivity contribution in [1.82, 2.24) is 25.2 Å². The molecule has 3 rings (SSSR count). The molecule has 1 aromatic carbocycles. The van der Waals surface area contributed by atoms with Crippen molar-refractivity contribution >= 4 is 23.3 Å². The third-order valence-corrected chi connectivity index (χ3v) is 4.22. The number of hydrogen-bond acceptors (Lipinski definition) is 7. The molecule has 0 spiro atoms. The number of pyridine rings is 1. The molecule has 2 aromatic heterocycles. The van der Waals surface area contributed by atoms with Crippen molar-refractivity contribution in [3.63, 3.8) is 0 Å². The van der Waals surface area contributed by atoms with Gasteiger partial charge in [0.25, 0.3) is 11.8 Å². The topological polar surface area (TPSA) is 126 Å². The van der Waals surface area contributed by atoms with Crippen molar-refractivity contribution < 1.29 is 9.59 Å². The smallest absolute Gasteiger partial charge is 0.278 e. The fourth-order valence-corrected chi connectivity index (χ4v) is 2.62. The fraction of sp³-hybridized carbons (Fsp3) is 0.190. The van der Waals surface area contributed by atoms with Crippen LogP contribution in [0.1, 0.15) is 20.8 Å². The van der Waals surface area contributed by atoms with Gasteiger partial charge in [0, 0.05) is 30.4 Å². The summed E-state index contributed by atoms with van der Waals surface area (Å²) < 4.78 is 0. The summed E-state index contributed by atoms with van der Waals surface area (Å²) in [6.07, 6.45) is 4.62. The second-order valence-corrected chi connectivity index (χ2v) is 6.82. The lowest BCUT2D eigenvalue weighted by molar-refractivity contribution is 0.0950. The number of likely N-dealkylation sites (N-methyl/N-ethyl adjacent to an activating group) is 1. The van der Waals surface area contributed by atoms with E-state index >= 15 is 0 Å². The van der Waals surface area contributed by atoms with Gasteiger partial charge >= 0.3 is 0 Å². The predicted octanol–water partition coefficient (Wildman–Crippen LogP) is 1.66. The Morgan fingerprint density at radius 1 is 1.07 bits per heavy atom. The Balaban J connectivity index is 1.74. The normalized spacial score (nSPS) is 10.6. The summed E-state index contributed by atoms with van der Waals surface area (Å²) in [6, 6.07) is 10.3. The Hall–Kier alpha value is -3.85. The molecule has 4 N–H and O–H groups in total. The molecule has 0 bridgehead atoms. The van der Waals surface area contributed by atoms with Gasteiger partial charge < -0.3 is 21.3 Å². The maximum atomic E-state index is 12.5. The summed E-state index contributed by atoms with van der Waals surface area (Å²) in [7, 11) is 3.89. The van der Waals surface area contributed by atoms with Crippen LogP contribution in [-0.4, -0.2) is 58.9 Å². The van der Waals surface area contributed by atoms with Gasteiger partial charge in [0.1, 0.15) is 0 Å². The minimum Gasteiger partial charge on any atom is -0.382 e. The van der Waals surface area contributed by atoms with Crippen LogP contribution in [-0.2, 0) is 0 Å². The molecular formula is C21H23N7O2. The van der Waals surface area contributed by atoms with Gasteiger partial charge in [-0.25, -0.2) is 9.97 Å². The number of carbonyl (C=O) groups excluding carboxylic acids is 2. The lowest BCUT2D eigenvalue weighted by Crippen LogP contribution is -2.31.